The molecule has 2 N–H and O–H groups in total. The molecular formula is C24H34IN5O2. The molecule has 1 fully saturated rings. The highest BCUT2D eigenvalue weighted by atomic mass is 127. The first kappa shape index (κ1) is 25.8. The number of ether oxygens (including phenoxy) is 1. The van der Waals surface area contributed by atoms with Gasteiger partial charge >= 0.3 is 0 Å². The first-order chi connectivity index (χ1) is 15.2. The molecule has 2 aromatic rings. The summed E-state index contributed by atoms with van der Waals surface area (Å²) in [6, 6.07) is 15.8. The number of anilines is 1. The summed E-state index contributed by atoms with van der Waals surface area (Å²) in [5.41, 5.74) is 2.89. The van der Waals surface area contributed by atoms with Crippen LogP contribution in [0.4, 0.5) is 5.69 Å². The lowest BCUT2D eigenvalue weighted by Crippen LogP contribution is -2.52. The minimum absolute atomic E-state index is 0. The number of halogens is 1. The Labute approximate surface area is 208 Å². The van der Waals surface area contributed by atoms with Crippen molar-refractivity contribution >= 4 is 41.5 Å². The number of methoxy groups -OCH3 is 1. The predicted octanol–water partition coefficient (Wildman–Crippen LogP) is 3.35. The molecule has 0 aromatic heterocycles. The maximum absolute atomic E-state index is 11.9. The summed E-state index contributed by atoms with van der Waals surface area (Å²) in [6.45, 7) is 9.62. The number of guanidine groups is 1. The molecule has 0 radical (unpaired) electrons. The molecule has 7 nitrogen and oxygen atoms in total. The third kappa shape index (κ3) is 6.75. The van der Waals surface area contributed by atoms with Gasteiger partial charge < -0.3 is 25.2 Å². The fourth-order valence-corrected chi connectivity index (χ4v) is 3.67. The minimum atomic E-state index is -0.0428. The van der Waals surface area contributed by atoms with Gasteiger partial charge in [-0.25, -0.2) is 4.99 Å². The van der Waals surface area contributed by atoms with Crippen molar-refractivity contribution in [3.63, 3.8) is 0 Å². The maximum atomic E-state index is 11.9. The van der Waals surface area contributed by atoms with E-state index in [2.05, 4.69) is 33.4 Å². The molecule has 0 unspecified atom stereocenters. The topological polar surface area (TPSA) is 69.2 Å². The van der Waals surface area contributed by atoms with Gasteiger partial charge in [0.15, 0.2) is 5.96 Å². The van der Waals surface area contributed by atoms with Crippen molar-refractivity contribution < 1.29 is 9.53 Å². The number of nitrogens with zero attached hydrogens (tertiary/aromatic N) is 3. The van der Waals surface area contributed by atoms with Crippen LogP contribution in [0.25, 0.3) is 0 Å². The van der Waals surface area contributed by atoms with Crippen molar-refractivity contribution in [2.75, 3.05) is 51.3 Å². The molecule has 1 amide bonds. The Kier molecular flexibility index (Phi) is 10.6. The second kappa shape index (κ2) is 13.1. The summed E-state index contributed by atoms with van der Waals surface area (Å²) in [7, 11) is 1.72. The van der Waals surface area contributed by atoms with Gasteiger partial charge in [0, 0.05) is 44.8 Å². The van der Waals surface area contributed by atoms with Crippen LogP contribution in [0.15, 0.2) is 53.5 Å². The molecule has 0 aliphatic carbocycles. The van der Waals surface area contributed by atoms with Crippen molar-refractivity contribution in [3.8, 4) is 5.75 Å². The Morgan fingerprint density at radius 3 is 2.25 bits per heavy atom. The average molecular weight is 551 g/mol. The fourth-order valence-electron chi connectivity index (χ4n) is 3.67. The van der Waals surface area contributed by atoms with Crippen molar-refractivity contribution in [2.24, 2.45) is 4.99 Å². The number of hydrogen-bond donors (Lipinski definition) is 2. The zero-order valence-electron chi connectivity index (χ0n) is 19.1. The maximum Gasteiger partial charge on any atom is 0.251 e. The second-order valence-electron chi connectivity index (χ2n) is 7.37. The molecule has 8 heteroatoms. The summed E-state index contributed by atoms with van der Waals surface area (Å²) in [6.07, 6.45) is 0. The van der Waals surface area contributed by atoms with Gasteiger partial charge in [0.2, 0.25) is 0 Å². The summed E-state index contributed by atoms with van der Waals surface area (Å²) < 4.78 is 5.52. The quantitative estimate of drug-likeness (QED) is 0.314. The molecule has 1 aliphatic heterocycles. The molecule has 1 aliphatic rings. The molecular weight excluding hydrogens is 517 g/mol. The summed E-state index contributed by atoms with van der Waals surface area (Å²) >= 11 is 0. The molecule has 1 saturated heterocycles. The molecule has 0 bridgehead atoms. The molecule has 0 saturated carbocycles. The van der Waals surface area contributed by atoms with Crippen LogP contribution in [0.5, 0.6) is 5.75 Å². The van der Waals surface area contributed by atoms with E-state index in [1.54, 1.807) is 7.11 Å². The van der Waals surface area contributed by atoms with E-state index in [1.807, 2.05) is 49.4 Å². The van der Waals surface area contributed by atoms with Gasteiger partial charge in [-0.3, -0.25) is 4.79 Å². The molecule has 0 atom stereocenters. The Bertz CT molecular complexity index is 880. The number of aliphatic imine (C=N–C) groups is 1. The highest BCUT2D eigenvalue weighted by Gasteiger charge is 2.21. The van der Waals surface area contributed by atoms with E-state index in [-0.39, 0.29) is 29.9 Å². The van der Waals surface area contributed by atoms with Crippen LogP contribution < -0.4 is 20.3 Å². The van der Waals surface area contributed by atoms with Crippen molar-refractivity contribution in [1.29, 1.82) is 0 Å². The number of piperazine rings is 1. The van der Waals surface area contributed by atoms with Gasteiger partial charge in [-0.15, -0.1) is 24.0 Å². The van der Waals surface area contributed by atoms with Gasteiger partial charge in [0.25, 0.3) is 5.91 Å². The Balaban J connectivity index is 0.00000363. The van der Waals surface area contributed by atoms with Crippen LogP contribution in [0.2, 0.25) is 0 Å². The van der Waals surface area contributed by atoms with E-state index in [4.69, 9.17) is 9.73 Å². The van der Waals surface area contributed by atoms with E-state index in [9.17, 15) is 4.79 Å². The monoisotopic (exact) mass is 551 g/mol. The number of nitrogens with one attached hydrogen (secondary N) is 2. The first-order valence-electron chi connectivity index (χ1n) is 10.9. The van der Waals surface area contributed by atoms with Gasteiger partial charge in [-0.2, -0.15) is 0 Å². The number of para-hydroxylation sites is 2. The first-order valence-corrected chi connectivity index (χ1v) is 10.9. The molecule has 3 rings (SSSR count). The van der Waals surface area contributed by atoms with Crippen LogP contribution >= 0.6 is 24.0 Å². The zero-order valence-corrected chi connectivity index (χ0v) is 21.5. The number of carbonyl (C=O) groups excluding carboxylic acids is 1. The van der Waals surface area contributed by atoms with Crippen LogP contribution in [-0.2, 0) is 6.54 Å². The average Bonchev–Trinajstić information content (AvgIpc) is 2.82. The van der Waals surface area contributed by atoms with Gasteiger partial charge in [-0.1, -0.05) is 24.3 Å². The zero-order chi connectivity index (χ0) is 22.1. The van der Waals surface area contributed by atoms with E-state index in [0.717, 1.165) is 55.7 Å². The third-order valence-corrected chi connectivity index (χ3v) is 5.30. The number of carbonyl (C=O) groups is 1. The largest absolute Gasteiger partial charge is 0.495 e. The lowest BCUT2D eigenvalue weighted by atomic mass is 10.1. The number of benzene rings is 2. The summed E-state index contributed by atoms with van der Waals surface area (Å²) in [5, 5.41) is 6.23. The number of amides is 1. The number of rotatable bonds is 7. The number of hydrogen-bond acceptors (Lipinski definition) is 4. The summed E-state index contributed by atoms with van der Waals surface area (Å²) in [5.74, 6) is 1.79. The summed E-state index contributed by atoms with van der Waals surface area (Å²) in [4.78, 5) is 21.4. The van der Waals surface area contributed by atoms with Crippen molar-refractivity contribution in [2.45, 2.75) is 20.4 Å². The highest BCUT2D eigenvalue weighted by molar-refractivity contribution is 14.0. The molecule has 1 heterocycles. The van der Waals surface area contributed by atoms with Gasteiger partial charge in [-0.05, 0) is 43.7 Å². The second-order valence-corrected chi connectivity index (χ2v) is 7.37. The van der Waals surface area contributed by atoms with Crippen LogP contribution in [0, 0.1) is 0 Å². The van der Waals surface area contributed by atoms with Crippen LogP contribution in [0.3, 0.4) is 0 Å². The smallest absolute Gasteiger partial charge is 0.251 e. The SMILES string of the molecule is CCNC(=O)c1ccc(CN=C(NCC)N2CCN(c3ccccc3OC)CC2)cc1.I. The van der Waals surface area contributed by atoms with Gasteiger partial charge in [0.05, 0.1) is 19.3 Å². The van der Waals surface area contributed by atoms with Crippen LogP contribution in [-0.4, -0.2) is 63.1 Å². The van der Waals surface area contributed by atoms with Gasteiger partial charge in [0.1, 0.15) is 5.75 Å². The third-order valence-electron chi connectivity index (χ3n) is 5.30. The lowest BCUT2D eigenvalue weighted by Gasteiger charge is -2.38. The Morgan fingerprint density at radius 1 is 0.969 bits per heavy atom. The van der Waals surface area contributed by atoms with E-state index in [0.29, 0.717) is 18.7 Å². The Hall–Kier alpha value is -2.49. The van der Waals surface area contributed by atoms with Crippen LogP contribution in [0.1, 0.15) is 29.8 Å². The standard InChI is InChI=1S/C24H33N5O2.HI/c1-4-25-23(30)20-12-10-19(11-13-20)18-27-24(26-5-2)29-16-14-28(15-17-29)21-8-6-7-9-22(21)31-3;/h6-13H,4-5,14-18H2,1-3H3,(H,25,30)(H,26,27);1H. The lowest BCUT2D eigenvalue weighted by molar-refractivity contribution is 0.0956. The van der Waals surface area contributed by atoms with E-state index < -0.39 is 0 Å². The molecule has 0 spiro atoms. The van der Waals surface area contributed by atoms with Crippen molar-refractivity contribution in [1.82, 2.24) is 15.5 Å². The minimum Gasteiger partial charge on any atom is -0.495 e. The van der Waals surface area contributed by atoms with Crippen molar-refractivity contribution in [3.05, 3.63) is 59.7 Å². The molecule has 2 aromatic carbocycles. The normalized spacial score (nSPS) is 13.9. The molecule has 32 heavy (non-hydrogen) atoms. The van der Waals surface area contributed by atoms with E-state index in [1.165, 1.54) is 0 Å². The molecule has 174 valence electrons. The Morgan fingerprint density at radius 2 is 1.62 bits per heavy atom. The predicted molar refractivity (Wildman–Crippen MR) is 141 cm³/mol. The highest BCUT2D eigenvalue weighted by Crippen LogP contribution is 2.28. The fraction of sp³-hybridized carbons (Fsp3) is 0.417. The van der Waals surface area contributed by atoms with E-state index >= 15 is 0 Å².